The maximum absolute atomic E-state index is 9.09. The Morgan fingerprint density at radius 1 is 1.25 bits per heavy atom. The van der Waals surface area contributed by atoms with E-state index < -0.39 is 0 Å². The molecule has 0 saturated carbocycles. The minimum absolute atomic E-state index is 0.204. The van der Waals surface area contributed by atoms with Crippen molar-refractivity contribution in [3.05, 3.63) is 63.9 Å². The second kappa shape index (κ2) is 5.78. The summed E-state index contributed by atoms with van der Waals surface area (Å²) in [5.41, 5.74) is 5.91. The zero-order chi connectivity index (χ0) is 13.9. The van der Waals surface area contributed by atoms with Gasteiger partial charge in [-0.1, -0.05) is 29.8 Å². The molecule has 3 rings (SSSR count). The van der Waals surface area contributed by atoms with Crippen LogP contribution in [0.1, 0.15) is 35.2 Å². The monoisotopic (exact) mass is 285 g/mol. The largest absolute Gasteiger partial charge is 0.396 e. The third-order valence-corrected chi connectivity index (χ3v) is 3.87. The van der Waals surface area contributed by atoms with E-state index in [9.17, 15) is 0 Å². The first-order chi connectivity index (χ1) is 9.78. The molecule has 0 amide bonds. The molecule has 1 aromatic carbocycles. The van der Waals surface area contributed by atoms with Gasteiger partial charge in [0.15, 0.2) is 0 Å². The first-order valence-electron chi connectivity index (χ1n) is 6.82. The average Bonchev–Trinajstić information content (AvgIpc) is 2.61. The summed E-state index contributed by atoms with van der Waals surface area (Å²) in [7, 11) is 0. The van der Waals surface area contributed by atoms with Crippen molar-refractivity contribution in [2.24, 2.45) is 0 Å². The van der Waals surface area contributed by atoms with Crippen LogP contribution in [0.5, 0.6) is 0 Å². The number of nitrogens with zero attached hydrogens (tertiary/aromatic N) is 1. The number of allylic oxidation sites excluding steroid dienone is 1. The van der Waals surface area contributed by atoms with Crippen LogP contribution in [0, 0.1) is 0 Å². The number of pyridine rings is 1. The summed E-state index contributed by atoms with van der Waals surface area (Å²) < 4.78 is 0. The number of hydrogen-bond acceptors (Lipinski definition) is 2. The van der Waals surface area contributed by atoms with Gasteiger partial charge in [-0.05, 0) is 53.3 Å². The van der Waals surface area contributed by atoms with Gasteiger partial charge in [0.05, 0.1) is 5.69 Å². The van der Waals surface area contributed by atoms with Crippen LogP contribution in [-0.2, 0) is 6.42 Å². The van der Waals surface area contributed by atoms with E-state index in [2.05, 4.69) is 23.2 Å². The topological polar surface area (TPSA) is 33.1 Å². The van der Waals surface area contributed by atoms with E-state index in [1.807, 2.05) is 24.4 Å². The predicted octanol–water partition coefficient (Wildman–Crippen LogP) is 3.95. The predicted molar refractivity (Wildman–Crippen MR) is 82.7 cm³/mol. The molecule has 20 heavy (non-hydrogen) atoms. The van der Waals surface area contributed by atoms with Crippen molar-refractivity contribution in [1.82, 2.24) is 4.98 Å². The summed E-state index contributed by atoms with van der Waals surface area (Å²) in [6, 6.07) is 10.1. The number of aromatic nitrogens is 1. The molecule has 0 spiro atoms. The van der Waals surface area contributed by atoms with Gasteiger partial charge in [0.1, 0.15) is 0 Å². The SMILES string of the molecule is OCCCC1=Cc2cc(Cl)ccc2Cc2ncccc21. The van der Waals surface area contributed by atoms with Crippen molar-refractivity contribution in [3.63, 3.8) is 0 Å². The van der Waals surface area contributed by atoms with Crippen molar-refractivity contribution in [2.45, 2.75) is 19.3 Å². The minimum atomic E-state index is 0.204. The highest BCUT2D eigenvalue weighted by Gasteiger charge is 2.15. The van der Waals surface area contributed by atoms with Gasteiger partial charge in [-0.2, -0.15) is 0 Å². The van der Waals surface area contributed by atoms with E-state index in [0.29, 0.717) is 0 Å². The zero-order valence-electron chi connectivity index (χ0n) is 11.1. The number of aliphatic hydroxyl groups excluding tert-OH is 1. The van der Waals surface area contributed by atoms with Crippen LogP contribution < -0.4 is 0 Å². The summed E-state index contributed by atoms with van der Waals surface area (Å²) >= 11 is 6.11. The highest BCUT2D eigenvalue weighted by Crippen LogP contribution is 2.32. The summed E-state index contributed by atoms with van der Waals surface area (Å²) in [4.78, 5) is 4.52. The van der Waals surface area contributed by atoms with Crippen LogP contribution in [0.25, 0.3) is 11.6 Å². The number of fused-ring (bicyclic) bond motifs is 2. The van der Waals surface area contributed by atoms with Crippen LogP contribution >= 0.6 is 11.6 Å². The van der Waals surface area contributed by atoms with Gasteiger partial charge < -0.3 is 5.11 Å². The maximum atomic E-state index is 9.09. The molecule has 0 bridgehead atoms. The third kappa shape index (κ3) is 2.62. The van der Waals surface area contributed by atoms with Gasteiger partial charge in [0.2, 0.25) is 0 Å². The molecule has 2 nitrogen and oxygen atoms in total. The Morgan fingerprint density at radius 2 is 2.15 bits per heavy atom. The number of halogens is 1. The molecule has 102 valence electrons. The number of hydrogen-bond donors (Lipinski definition) is 1. The second-order valence-electron chi connectivity index (χ2n) is 5.01. The zero-order valence-corrected chi connectivity index (χ0v) is 11.9. The first-order valence-corrected chi connectivity index (χ1v) is 7.20. The molecule has 1 aromatic heterocycles. The van der Waals surface area contributed by atoms with Gasteiger partial charge in [-0.15, -0.1) is 0 Å². The lowest BCUT2D eigenvalue weighted by atomic mass is 9.99. The molecule has 0 fully saturated rings. The average molecular weight is 286 g/mol. The van der Waals surface area contributed by atoms with Gasteiger partial charge in [-0.3, -0.25) is 4.98 Å². The minimum Gasteiger partial charge on any atom is -0.396 e. The van der Waals surface area contributed by atoms with Crippen LogP contribution in [0.15, 0.2) is 36.5 Å². The standard InChI is InChI=1S/C17H16ClNO/c18-15-6-5-12-11-17-16(4-1-7-19-17)13(3-2-8-20)9-14(12)10-15/h1,4-7,9-10,20H,2-3,8,11H2. The first kappa shape index (κ1) is 13.3. The van der Waals surface area contributed by atoms with Crippen molar-refractivity contribution in [1.29, 1.82) is 0 Å². The van der Waals surface area contributed by atoms with Crippen LogP contribution in [-0.4, -0.2) is 16.7 Å². The van der Waals surface area contributed by atoms with E-state index in [-0.39, 0.29) is 6.61 Å². The molecule has 0 radical (unpaired) electrons. The fourth-order valence-electron chi connectivity index (χ4n) is 2.65. The molecular weight excluding hydrogens is 270 g/mol. The van der Waals surface area contributed by atoms with Crippen molar-refractivity contribution < 1.29 is 5.11 Å². The summed E-state index contributed by atoms with van der Waals surface area (Å²) in [6.45, 7) is 0.204. The Bertz CT molecular complexity index is 664. The quantitative estimate of drug-likeness (QED) is 0.926. The number of benzene rings is 1. The molecular formula is C17H16ClNO. The highest BCUT2D eigenvalue weighted by atomic mass is 35.5. The molecule has 0 aliphatic heterocycles. The molecule has 1 aliphatic rings. The third-order valence-electron chi connectivity index (χ3n) is 3.64. The van der Waals surface area contributed by atoms with Crippen LogP contribution in [0.4, 0.5) is 0 Å². The summed E-state index contributed by atoms with van der Waals surface area (Å²) in [5.74, 6) is 0. The van der Waals surface area contributed by atoms with Gasteiger partial charge >= 0.3 is 0 Å². The lowest BCUT2D eigenvalue weighted by Crippen LogP contribution is -1.97. The Hall–Kier alpha value is -1.64. The van der Waals surface area contributed by atoms with E-state index in [4.69, 9.17) is 16.7 Å². The molecule has 2 aromatic rings. The Kier molecular flexibility index (Phi) is 3.86. The molecule has 1 heterocycles. The van der Waals surface area contributed by atoms with Crippen LogP contribution in [0.3, 0.4) is 0 Å². The number of aliphatic hydroxyl groups is 1. The summed E-state index contributed by atoms with van der Waals surface area (Å²) in [6.07, 6.45) is 6.45. The van der Waals surface area contributed by atoms with E-state index in [0.717, 1.165) is 35.5 Å². The van der Waals surface area contributed by atoms with Crippen molar-refractivity contribution >= 4 is 23.3 Å². The fourth-order valence-corrected chi connectivity index (χ4v) is 2.84. The van der Waals surface area contributed by atoms with Crippen molar-refractivity contribution in [3.8, 4) is 0 Å². The van der Waals surface area contributed by atoms with E-state index in [1.165, 1.54) is 16.7 Å². The van der Waals surface area contributed by atoms with Crippen molar-refractivity contribution in [2.75, 3.05) is 6.61 Å². The van der Waals surface area contributed by atoms with Gasteiger partial charge in [-0.25, -0.2) is 0 Å². The fraction of sp³-hybridized carbons (Fsp3) is 0.235. The van der Waals surface area contributed by atoms with Gasteiger partial charge in [0, 0.05) is 24.2 Å². The van der Waals surface area contributed by atoms with E-state index in [1.54, 1.807) is 0 Å². The number of rotatable bonds is 3. The highest BCUT2D eigenvalue weighted by molar-refractivity contribution is 6.30. The second-order valence-corrected chi connectivity index (χ2v) is 5.45. The molecule has 1 N–H and O–H groups in total. The van der Waals surface area contributed by atoms with Crippen LogP contribution in [0.2, 0.25) is 5.02 Å². The summed E-state index contributed by atoms with van der Waals surface area (Å²) in [5, 5.41) is 9.84. The Labute approximate surface area is 123 Å². The molecule has 1 aliphatic carbocycles. The smallest absolute Gasteiger partial charge is 0.0522 e. The van der Waals surface area contributed by atoms with Gasteiger partial charge in [0.25, 0.3) is 0 Å². The lowest BCUT2D eigenvalue weighted by molar-refractivity contribution is 0.290. The Balaban J connectivity index is 2.13. The normalized spacial score (nSPS) is 13.2. The Morgan fingerprint density at radius 3 is 3.00 bits per heavy atom. The maximum Gasteiger partial charge on any atom is 0.0522 e. The molecule has 0 unspecified atom stereocenters. The molecule has 0 atom stereocenters. The lowest BCUT2D eigenvalue weighted by Gasteiger charge is -2.08. The molecule has 3 heteroatoms. The molecule has 0 saturated heterocycles. The van der Waals surface area contributed by atoms with E-state index >= 15 is 0 Å².